The summed E-state index contributed by atoms with van der Waals surface area (Å²) in [4.78, 5) is 22.4. The van der Waals surface area contributed by atoms with Gasteiger partial charge in [-0.1, -0.05) is 23.7 Å². The number of nitrogens with zero attached hydrogens (tertiary/aromatic N) is 1. The van der Waals surface area contributed by atoms with Crippen LogP contribution in [0, 0.1) is 10.1 Å². The van der Waals surface area contributed by atoms with E-state index in [-0.39, 0.29) is 28.0 Å². The fourth-order valence-corrected chi connectivity index (χ4v) is 2.29. The van der Waals surface area contributed by atoms with Crippen molar-refractivity contribution in [2.24, 2.45) is 0 Å². The first-order valence-corrected chi connectivity index (χ1v) is 6.55. The highest BCUT2D eigenvalue weighted by Gasteiger charge is 2.17. The molecule has 0 aliphatic carbocycles. The standard InChI is InChI=1S/C15H8ClNO5/c16-9-4-5-12-11(7-9)13(18)14(19)15(22-12)8-2-1-3-10(6-8)17(20)21/h1-7,19H. The highest BCUT2D eigenvalue weighted by Crippen LogP contribution is 2.32. The molecule has 0 fully saturated rings. The lowest BCUT2D eigenvalue weighted by Gasteiger charge is -2.06. The summed E-state index contributed by atoms with van der Waals surface area (Å²) in [5, 5.41) is 21.3. The molecule has 110 valence electrons. The van der Waals surface area contributed by atoms with Crippen LogP contribution in [-0.4, -0.2) is 10.0 Å². The van der Waals surface area contributed by atoms with Gasteiger partial charge < -0.3 is 9.52 Å². The summed E-state index contributed by atoms with van der Waals surface area (Å²) < 4.78 is 5.52. The molecule has 0 saturated heterocycles. The van der Waals surface area contributed by atoms with E-state index < -0.39 is 16.1 Å². The highest BCUT2D eigenvalue weighted by atomic mass is 35.5. The Morgan fingerprint density at radius 2 is 1.95 bits per heavy atom. The lowest BCUT2D eigenvalue weighted by molar-refractivity contribution is -0.384. The van der Waals surface area contributed by atoms with E-state index >= 15 is 0 Å². The Morgan fingerprint density at radius 3 is 2.68 bits per heavy atom. The van der Waals surface area contributed by atoms with Crippen LogP contribution in [0.4, 0.5) is 5.69 Å². The van der Waals surface area contributed by atoms with Crippen molar-refractivity contribution in [3.63, 3.8) is 0 Å². The van der Waals surface area contributed by atoms with Gasteiger partial charge in [-0.15, -0.1) is 0 Å². The fraction of sp³-hybridized carbons (Fsp3) is 0. The first kappa shape index (κ1) is 14.1. The summed E-state index contributed by atoms with van der Waals surface area (Å²) in [5.74, 6) is -0.737. The van der Waals surface area contributed by atoms with E-state index in [9.17, 15) is 20.0 Å². The SMILES string of the molecule is O=c1c(O)c(-c2cccc([N+](=O)[O-])c2)oc2ccc(Cl)cc12. The molecule has 0 amide bonds. The topological polar surface area (TPSA) is 93.6 Å². The van der Waals surface area contributed by atoms with Crippen LogP contribution in [0.15, 0.2) is 51.7 Å². The molecule has 2 aromatic carbocycles. The molecule has 3 aromatic rings. The molecule has 6 nitrogen and oxygen atoms in total. The van der Waals surface area contributed by atoms with Gasteiger partial charge in [-0.3, -0.25) is 14.9 Å². The van der Waals surface area contributed by atoms with Gasteiger partial charge in [0.15, 0.2) is 5.76 Å². The number of nitro groups is 1. The number of non-ortho nitro benzene ring substituents is 1. The third-order valence-corrected chi connectivity index (χ3v) is 3.38. The Labute approximate surface area is 128 Å². The van der Waals surface area contributed by atoms with E-state index in [2.05, 4.69) is 0 Å². The summed E-state index contributed by atoms with van der Waals surface area (Å²) in [6.45, 7) is 0. The molecule has 7 heteroatoms. The number of nitro benzene ring substituents is 1. The van der Waals surface area contributed by atoms with Gasteiger partial charge in [-0.25, -0.2) is 0 Å². The monoisotopic (exact) mass is 317 g/mol. The number of benzene rings is 2. The van der Waals surface area contributed by atoms with Crippen molar-refractivity contribution in [2.75, 3.05) is 0 Å². The highest BCUT2D eigenvalue weighted by molar-refractivity contribution is 6.31. The van der Waals surface area contributed by atoms with Crippen molar-refractivity contribution in [1.29, 1.82) is 0 Å². The van der Waals surface area contributed by atoms with Gasteiger partial charge >= 0.3 is 0 Å². The van der Waals surface area contributed by atoms with Crippen molar-refractivity contribution < 1.29 is 14.4 Å². The molecule has 0 spiro atoms. The summed E-state index contributed by atoms with van der Waals surface area (Å²) >= 11 is 5.82. The van der Waals surface area contributed by atoms with Gasteiger partial charge in [0.05, 0.1) is 10.3 Å². The normalized spacial score (nSPS) is 10.8. The number of hydrogen-bond donors (Lipinski definition) is 1. The maximum atomic E-state index is 12.2. The van der Waals surface area contributed by atoms with Gasteiger partial charge in [0, 0.05) is 22.7 Å². The number of fused-ring (bicyclic) bond motifs is 1. The molecule has 1 N–H and O–H groups in total. The molecule has 0 unspecified atom stereocenters. The third kappa shape index (κ3) is 2.29. The smallest absolute Gasteiger partial charge is 0.270 e. The molecule has 0 radical (unpaired) electrons. The van der Waals surface area contributed by atoms with Crippen LogP contribution in [0.3, 0.4) is 0 Å². The molecule has 1 aromatic heterocycles. The zero-order valence-corrected chi connectivity index (χ0v) is 11.7. The Hall–Kier alpha value is -2.86. The molecule has 22 heavy (non-hydrogen) atoms. The quantitative estimate of drug-likeness (QED) is 0.574. The van der Waals surface area contributed by atoms with Crippen LogP contribution in [-0.2, 0) is 0 Å². The van der Waals surface area contributed by atoms with Gasteiger partial charge in [-0.2, -0.15) is 0 Å². The number of halogens is 1. The average Bonchev–Trinajstić information content (AvgIpc) is 2.51. The maximum absolute atomic E-state index is 12.2. The number of aromatic hydroxyl groups is 1. The maximum Gasteiger partial charge on any atom is 0.270 e. The zero-order chi connectivity index (χ0) is 15.9. The summed E-state index contributed by atoms with van der Waals surface area (Å²) in [5.41, 5.74) is -0.352. The van der Waals surface area contributed by atoms with Gasteiger partial charge in [-0.05, 0) is 18.2 Å². The molecular weight excluding hydrogens is 310 g/mol. The zero-order valence-electron chi connectivity index (χ0n) is 10.9. The molecular formula is C15H8ClNO5. The van der Waals surface area contributed by atoms with Crippen LogP contribution in [0.2, 0.25) is 5.02 Å². The first-order chi connectivity index (χ1) is 10.5. The van der Waals surface area contributed by atoms with Crippen LogP contribution < -0.4 is 5.43 Å². The molecule has 1 heterocycles. The second-order valence-corrected chi connectivity index (χ2v) is 4.99. The minimum atomic E-state index is -0.648. The van der Waals surface area contributed by atoms with Gasteiger partial charge in [0.1, 0.15) is 5.58 Å². The van der Waals surface area contributed by atoms with Gasteiger partial charge in [0.2, 0.25) is 11.2 Å². The minimum absolute atomic E-state index is 0.122. The Kier molecular flexibility index (Phi) is 3.30. The average molecular weight is 318 g/mol. The lowest BCUT2D eigenvalue weighted by Crippen LogP contribution is -2.02. The fourth-order valence-electron chi connectivity index (χ4n) is 2.11. The molecule has 0 atom stereocenters. The van der Waals surface area contributed by atoms with Gasteiger partial charge in [0.25, 0.3) is 5.69 Å². The van der Waals surface area contributed by atoms with Crippen LogP contribution in [0.5, 0.6) is 5.75 Å². The molecule has 0 aliphatic heterocycles. The first-order valence-electron chi connectivity index (χ1n) is 6.17. The number of hydrogen-bond acceptors (Lipinski definition) is 5. The van der Waals surface area contributed by atoms with Crippen LogP contribution >= 0.6 is 11.6 Å². The molecule has 0 bridgehead atoms. The molecule has 0 saturated carbocycles. The summed E-state index contributed by atoms with van der Waals surface area (Å²) in [6.07, 6.45) is 0. The van der Waals surface area contributed by atoms with Crippen molar-refractivity contribution in [2.45, 2.75) is 0 Å². The van der Waals surface area contributed by atoms with E-state index in [1.165, 1.54) is 36.4 Å². The van der Waals surface area contributed by atoms with Crippen LogP contribution in [0.25, 0.3) is 22.3 Å². The van der Waals surface area contributed by atoms with E-state index in [0.717, 1.165) is 0 Å². The third-order valence-electron chi connectivity index (χ3n) is 3.15. The Balaban J connectivity index is 2.30. The van der Waals surface area contributed by atoms with E-state index in [1.807, 2.05) is 0 Å². The molecule has 3 rings (SSSR count). The van der Waals surface area contributed by atoms with E-state index in [4.69, 9.17) is 16.0 Å². The summed E-state index contributed by atoms with van der Waals surface area (Å²) in [6, 6.07) is 9.91. The van der Waals surface area contributed by atoms with Crippen molar-refractivity contribution >= 4 is 28.3 Å². The van der Waals surface area contributed by atoms with Crippen molar-refractivity contribution in [3.05, 3.63) is 67.8 Å². The second kappa shape index (κ2) is 5.16. The predicted octanol–water partition coefficient (Wildman–Crippen LogP) is 3.73. The Morgan fingerprint density at radius 1 is 1.18 bits per heavy atom. The predicted molar refractivity (Wildman–Crippen MR) is 81.2 cm³/mol. The van der Waals surface area contributed by atoms with E-state index in [1.54, 1.807) is 6.07 Å². The van der Waals surface area contributed by atoms with Crippen molar-refractivity contribution in [3.8, 4) is 17.1 Å². The molecule has 0 aliphatic rings. The second-order valence-electron chi connectivity index (χ2n) is 4.56. The summed E-state index contributed by atoms with van der Waals surface area (Å²) in [7, 11) is 0. The number of rotatable bonds is 2. The van der Waals surface area contributed by atoms with Crippen LogP contribution in [0.1, 0.15) is 0 Å². The minimum Gasteiger partial charge on any atom is -0.502 e. The largest absolute Gasteiger partial charge is 0.502 e. The van der Waals surface area contributed by atoms with Crippen molar-refractivity contribution in [1.82, 2.24) is 0 Å². The Bertz CT molecular complexity index is 964. The van der Waals surface area contributed by atoms with E-state index in [0.29, 0.717) is 5.02 Å². The lowest BCUT2D eigenvalue weighted by atomic mass is 10.1.